The van der Waals surface area contributed by atoms with Crippen molar-refractivity contribution in [1.82, 2.24) is 9.88 Å². The molecule has 0 aromatic carbocycles. The third kappa shape index (κ3) is 4.03. The molecule has 2 heterocycles. The Kier molecular flexibility index (Phi) is 5.11. The second-order valence-electron chi connectivity index (χ2n) is 4.56. The predicted molar refractivity (Wildman–Crippen MR) is 76.2 cm³/mol. The van der Waals surface area contributed by atoms with Gasteiger partial charge in [-0.25, -0.2) is 4.98 Å². The molecule has 1 atom stereocenters. The van der Waals surface area contributed by atoms with Gasteiger partial charge in [-0.15, -0.1) is 0 Å². The molecule has 20 heavy (non-hydrogen) atoms. The van der Waals surface area contributed by atoms with E-state index in [0.29, 0.717) is 19.0 Å². The van der Waals surface area contributed by atoms with E-state index in [-0.39, 0.29) is 16.9 Å². The van der Waals surface area contributed by atoms with E-state index >= 15 is 0 Å². The lowest BCUT2D eigenvalue weighted by Crippen LogP contribution is -2.45. The molecular formula is C12H17ClN4O3. The van der Waals surface area contributed by atoms with Crippen molar-refractivity contribution >= 4 is 23.1 Å². The zero-order chi connectivity index (χ0) is 14.5. The highest BCUT2D eigenvalue weighted by Gasteiger charge is 2.19. The number of rotatable bonds is 5. The second kappa shape index (κ2) is 6.83. The fourth-order valence-corrected chi connectivity index (χ4v) is 2.29. The van der Waals surface area contributed by atoms with Crippen LogP contribution in [0.1, 0.15) is 6.92 Å². The lowest BCUT2D eigenvalue weighted by Gasteiger charge is -2.32. The molecule has 7 nitrogen and oxygen atoms in total. The van der Waals surface area contributed by atoms with E-state index in [0.717, 1.165) is 19.6 Å². The lowest BCUT2D eigenvalue weighted by molar-refractivity contribution is -0.384. The highest BCUT2D eigenvalue weighted by molar-refractivity contribution is 6.29. The number of aromatic nitrogens is 1. The minimum atomic E-state index is -0.491. The van der Waals surface area contributed by atoms with Crippen molar-refractivity contribution < 1.29 is 9.66 Å². The molecule has 1 saturated heterocycles. The molecule has 0 bridgehead atoms. The summed E-state index contributed by atoms with van der Waals surface area (Å²) < 4.78 is 5.64. The van der Waals surface area contributed by atoms with Gasteiger partial charge in [-0.05, 0) is 6.54 Å². The summed E-state index contributed by atoms with van der Waals surface area (Å²) in [4.78, 5) is 16.6. The van der Waals surface area contributed by atoms with Crippen LogP contribution in [-0.4, -0.2) is 53.7 Å². The summed E-state index contributed by atoms with van der Waals surface area (Å²) in [7, 11) is 0. The first-order valence-electron chi connectivity index (χ1n) is 6.48. The molecule has 0 aliphatic carbocycles. The van der Waals surface area contributed by atoms with Gasteiger partial charge in [0.05, 0.1) is 29.8 Å². The first-order valence-corrected chi connectivity index (χ1v) is 6.86. The quantitative estimate of drug-likeness (QED) is 0.507. The van der Waals surface area contributed by atoms with E-state index in [1.807, 2.05) is 0 Å². The number of hydrogen-bond donors (Lipinski definition) is 1. The average Bonchev–Trinajstić information content (AvgIpc) is 2.44. The molecule has 1 aliphatic heterocycles. The van der Waals surface area contributed by atoms with Gasteiger partial charge in [0.1, 0.15) is 11.0 Å². The molecular weight excluding hydrogens is 284 g/mol. The van der Waals surface area contributed by atoms with Crippen molar-refractivity contribution in [3.8, 4) is 0 Å². The highest BCUT2D eigenvalue weighted by atomic mass is 35.5. The van der Waals surface area contributed by atoms with E-state index in [9.17, 15) is 10.1 Å². The first kappa shape index (κ1) is 15.0. The van der Waals surface area contributed by atoms with Crippen LogP contribution in [0.15, 0.2) is 12.1 Å². The molecule has 0 saturated carbocycles. The van der Waals surface area contributed by atoms with Crippen LogP contribution in [0.3, 0.4) is 0 Å². The zero-order valence-electron chi connectivity index (χ0n) is 11.2. The number of nitro groups is 1. The maximum Gasteiger partial charge on any atom is 0.276 e. The fourth-order valence-electron chi connectivity index (χ4n) is 2.09. The number of halogens is 1. The third-order valence-corrected chi connectivity index (χ3v) is 3.36. The van der Waals surface area contributed by atoms with E-state index < -0.39 is 4.92 Å². The van der Waals surface area contributed by atoms with Crippen LogP contribution in [-0.2, 0) is 4.74 Å². The highest BCUT2D eigenvalue weighted by Crippen LogP contribution is 2.20. The Labute approximate surface area is 122 Å². The number of anilines is 1. The van der Waals surface area contributed by atoms with Crippen molar-refractivity contribution in [2.45, 2.75) is 13.0 Å². The van der Waals surface area contributed by atoms with Crippen LogP contribution in [0.2, 0.25) is 5.15 Å². The van der Waals surface area contributed by atoms with E-state index in [1.54, 1.807) is 0 Å². The average molecular weight is 301 g/mol. The van der Waals surface area contributed by atoms with Gasteiger partial charge in [-0.1, -0.05) is 18.5 Å². The lowest BCUT2D eigenvalue weighted by atomic mass is 10.2. The number of likely N-dealkylation sites (N-methyl/N-ethyl adjacent to an activating group) is 1. The maximum atomic E-state index is 10.8. The molecule has 0 amide bonds. The van der Waals surface area contributed by atoms with Crippen molar-refractivity contribution in [3.05, 3.63) is 27.4 Å². The van der Waals surface area contributed by atoms with Gasteiger partial charge in [0.25, 0.3) is 5.69 Å². The summed E-state index contributed by atoms with van der Waals surface area (Å²) >= 11 is 5.77. The molecule has 0 spiro atoms. The summed E-state index contributed by atoms with van der Waals surface area (Å²) in [6.07, 6.45) is 0.0449. The Hall–Kier alpha value is -1.44. The van der Waals surface area contributed by atoms with Crippen molar-refractivity contribution in [1.29, 1.82) is 0 Å². The SMILES string of the molecule is CCN1CCOC(CNc2cc([N+](=O)[O-])cc(Cl)n2)C1. The minimum absolute atomic E-state index is 0.0449. The van der Waals surface area contributed by atoms with Crippen molar-refractivity contribution in [3.63, 3.8) is 0 Å². The number of morpholine rings is 1. The summed E-state index contributed by atoms with van der Waals surface area (Å²) in [6.45, 7) is 6.11. The molecule has 2 rings (SSSR count). The third-order valence-electron chi connectivity index (χ3n) is 3.17. The number of hydrogen-bond acceptors (Lipinski definition) is 6. The Morgan fingerprint density at radius 1 is 1.65 bits per heavy atom. The van der Waals surface area contributed by atoms with Crippen LogP contribution < -0.4 is 5.32 Å². The van der Waals surface area contributed by atoms with E-state index in [4.69, 9.17) is 16.3 Å². The first-order chi connectivity index (χ1) is 9.58. The van der Waals surface area contributed by atoms with Gasteiger partial charge in [0.2, 0.25) is 0 Å². The van der Waals surface area contributed by atoms with Gasteiger partial charge in [0, 0.05) is 19.6 Å². The summed E-state index contributed by atoms with van der Waals surface area (Å²) in [5.41, 5.74) is -0.0766. The smallest absolute Gasteiger partial charge is 0.276 e. The molecule has 8 heteroatoms. The molecule has 1 N–H and O–H groups in total. The zero-order valence-corrected chi connectivity index (χ0v) is 12.0. The Morgan fingerprint density at radius 2 is 2.45 bits per heavy atom. The predicted octanol–water partition coefficient (Wildman–Crippen LogP) is 1.78. The topological polar surface area (TPSA) is 80.5 Å². The maximum absolute atomic E-state index is 10.8. The normalized spacial score (nSPS) is 19.8. The van der Waals surface area contributed by atoms with Gasteiger partial charge < -0.3 is 10.1 Å². The Morgan fingerprint density at radius 3 is 3.15 bits per heavy atom. The summed E-state index contributed by atoms with van der Waals surface area (Å²) in [6, 6.07) is 2.59. The van der Waals surface area contributed by atoms with Crippen molar-refractivity contribution in [2.24, 2.45) is 0 Å². The molecule has 110 valence electrons. The van der Waals surface area contributed by atoms with Gasteiger partial charge in [-0.3, -0.25) is 15.0 Å². The summed E-state index contributed by atoms with van der Waals surface area (Å²) in [5.74, 6) is 0.390. The monoisotopic (exact) mass is 300 g/mol. The van der Waals surface area contributed by atoms with E-state index in [1.165, 1.54) is 12.1 Å². The van der Waals surface area contributed by atoms with Gasteiger partial charge in [0.15, 0.2) is 0 Å². The standard InChI is InChI=1S/C12H17ClN4O3/c1-2-16-3-4-20-10(8-16)7-14-12-6-9(17(18)19)5-11(13)15-12/h5-6,10H,2-4,7-8H2,1H3,(H,14,15). The number of pyridine rings is 1. The summed E-state index contributed by atoms with van der Waals surface area (Å²) in [5, 5.41) is 13.9. The fraction of sp³-hybridized carbons (Fsp3) is 0.583. The molecule has 1 aromatic heterocycles. The Bertz CT molecular complexity index is 486. The number of ether oxygens (including phenoxy) is 1. The molecule has 1 fully saturated rings. The van der Waals surface area contributed by atoms with Crippen LogP contribution in [0.25, 0.3) is 0 Å². The Balaban J connectivity index is 1.95. The van der Waals surface area contributed by atoms with E-state index in [2.05, 4.69) is 22.1 Å². The molecule has 0 radical (unpaired) electrons. The van der Waals surface area contributed by atoms with Gasteiger partial charge in [-0.2, -0.15) is 0 Å². The number of nitrogens with zero attached hydrogens (tertiary/aromatic N) is 3. The van der Waals surface area contributed by atoms with Crippen LogP contribution >= 0.6 is 11.6 Å². The molecule has 1 aliphatic rings. The number of nitrogens with one attached hydrogen (secondary N) is 1. The minimum Gasteiger partial charge on any atom is -0.374 e. The largest absolute Gasteiger partial charge is 0.374 e. The van der Waals surface area contributed by atoms with Crippen LogP contribution in [0.5, 0.6) is 0 Å². The van der Waals surface area contributed by atoms with Crippen molar-refractivity contribution in [2.75, 3.05) is 38.1 Å². The molecule has 1 aromatic rings. The van der Waals surface area contributed by atoms with Gasteiger partial charge >= 0.3 is 0 Å². The van der Waals surface area contributed by atoms with Crippen LogP contribution in [0.4, 0.5) is 11.5 Å². The molecule has 1 unspecified atom stereocenters. The second-order valence-corrected chi connectivity index (χ2v) is 4.94. The van der Waals surface area contributed by atoms with Crippen LogP contribution in [0, 0.1) is 10.1 Å².